The molecule has 1 aromatic carbocycles. The predicted molar refractivity (Wildman–Crippen MR) is 120 cm³/mol. The summed E-state index contributed by atoms with van der Waals surface area (Å²) in [4.78, 5) is 23.4. The molecule has 5 nitrogen and oxygen atoms in total. The number of thioether (sulfide) groups is 1. The van der Waals surface area contributed by atoms with Gasteiger partial charge in [0, 0.05) is 29.0 Å². The number of nitrogens with zero attached hydrogens (tertiary/aromatic N) is 2. The summed E-state index contributed by atoms with van der Waals surface area (Å²) >= 11 is 2.95. The monoisotopic (exact) mass is 434 g/mol. The highest BCUT2D eigenvalue weighted by molar-refractivity contribution is 8.00. The zero-order valence-electron chi connectivity index (χ0n) is 15.6. The Morgan fingerprint density at radius 2 is 2.11 bits per heavy atom. The number of Topliss-reactive ketones (excluding diaryl/α,β-unsaturated/α-hetero) is 1. The summed E-state index contributed by atoms with van der Waals surface area (Å²) in [5.41, 5.74) is 7.64. The van der Waals surface area contributed by atoms with E-state index in [1.165, 1.54) is 35.9 Å². The number of anilines is 1. The number of aromatic nitrogens is 2. The first kappa shape index (κ1) is 21.0. The van der Waals surface area contributed by atoms with Crippen molar-refractivity contribution in [3.05, 3.63) is 45.9 Å². The van der Waals surface area contributed by atoms with Gasteiger partial charge in [-0.2, -0.15) is 0 Å². The van der Waals surface area contributed by atoms with E-state index in [0.29, 0.717) is 12.3 Å². The minimum atomic E-state index is 0. The molecule has 0 bridgehead atoms. The average molecular weight is 435 g/mol. The number of nitrogens with one attached hydrogen (secondary N) is 1. The van der Waals surface area contributed by atoms with Crippen molar-refractivity contribution in [3.63, 3.8) is 0 Å². The van der Waals surface area contributed by atoms with Crippen LogP contribution in [0.4, 0.5) is 5.69 Å². The fourth-order valence-electron chi connectivity index (χ4n) is 2.86. The van der Waals surface area contributed by atoms with Crippen LogP contribution in [-0.2, 0) is 6.54 Å². The number of carbonyl (C=O) groups is 1. The number of benzene rings is 1. The molecule has 3 N–H and O–H groups in total. The molecule has 0 saturated heterocycles. The molecule has 3 aromatic rings. The van der Waals surface area contributed by atoms with Crippen LogP contribution in [0.15, 0.2) is 35.4 Å². The number of hydrogen-bond acceptors (Lipinski definition) is 7. The molecule has 1 aliphatic rings. The van der Waals surface area contributed by atoms with E-state index < -0.39 is 0 Å². The van der Waals surface area contributed by atoms with E-state index >= 15 is 0 Å². The zero-order chi connectivity index (χ0) is 18.8. The van der Waals surface area contributed by atoms with Crippen LogP contribution >= 0.6 is 35.5 Å². The maximum Gasteiger partial charge on any atom is 0.183 e. The third-order valence-corrected chi connectivity index (χ3v) is 6.68. The van der Waals surface area contributed by atoms with Crippen molar-refractivity contribution in [1.82, 2.24) is 9.97 Å². The van der Waals surface area contributed by atoms with E-state index in [2.05, 4.69) is 27.4 Å². The van der Waals surface area contributed by atoms with Crippen LogP contribution < -0.4 is 11.1 Å². The summed E-state index contributed by atoms with van der Waals surface area (Å²) in [5.74, 6) is 2.00. The largest absolute Gasteiger partial charge is 0.385 e. The predicted octanol–water partition coefficient (Wildman–Crippen LogP) is 4.68. The van der Waals surface area contributed by atoms with Gasteiger partial charge in [-0.25, -0.2) is 9.97 Å². The van der Waals surface area contributed by atoms with Crippen molar-refractivity contribution < 1.29 is 4.79 Å². The van der Waals surface area contributed by atoms with Crippen LogP contribution in [0.25, 0.3) is 10.9 Å². The van der Waals surface area contributed by atoms with Gasteiger partial charge in [-0.1, -0.05) is 11.8 Å². The van der Waals surface area contributed by atoms with Gasteiger partial charge in [0.25, 0.3) is 0 Å². The summed E-state index contributed by atoms with van der Waals surface area (Å²) < 4.78 is 0. The third kappa shape index (κ3) is 5.03. The molecule has 0 spiro atoms. The van der Waals surface area contributed by atoms with Crippen LogP contribution in [0, 0.1) is 12.8 Å². The van der Waals surface area contributed by atoms with Gasteiger partial charge in [0.15, 0.2) is 5.78 Å². The normalized spacial score (nSPS) is 13.4. The summed E-state index contributed by atoms with van der Waals surface area (Å²) in [6.45, 7) is 3.37. The van der Waals surface area contributed by atoms with Gasteiger partial charge in [0.1, 0.15) is 10.9 Å². The van der Waals surface area contributed by atoms with E-state index in [-0.39, 0.29) is 18.2 Å². The molecule has 8 heteroatoms. The van der Waals surface area contributed by atoms with Gasteiger partial charge in [0.2, 0.25) is 0 Å². The first-order valence-electron chi connectivity index (χ1n) is 9.09. The number of thiophene rings is 1. The van der Waals surface area contributed by atoms with Crippen LogP contribution in [0.3, 0.4) is 0 Å². The average Bonchev–Trinajstić information content (AvgIpc) is 3.38. The Bertz CT molecular complexity index is 987. The molecule has 1 saturated carbocycles. The second kappa shape index (κ2) is 9.22. The number of nitrogens with two attached hydrogens (primary N) is 1. The lowest BCUT2D eigenvalue weighted by atomic mass is 10.2. The number of ketones is 1. The highest BCUT2D eigenvalue weighted by Gasteiger charge is 2.20. The minimum Gasteiger partial charge on any atom is -0.385 e. The molecule has 4 rings (SSSR count). The number of aryl methyl sites for hydroxylation is 1. The van der Waals surface area contributed by atoms with E-state index in [1.54, 1.807) is 0 Å². The highest BCUT2D eigenvalue weighted by Crippen LogP contribution is 2.31. The summed E-state index contributed by atoms with van der Waals surface area (Å²) in [5, 5.41) is 5.35. The Morgan fingerprint density at radius 1 is 1.29 bits per heavy atom. The number of carbonyl (C=O) groups excluding carboxylic acids is 1. The molecule has 1 fully saturated rings. The van der Waals surface area contributed by atoms with Crippen molar-refractivity contribution in [1.29, 1.82) is 0 Å². The van der Waals surface area contributed by atoms with E-state index in [4.69, 9.17) is 5.73 Å². The Labute approximate surface area is 178 Å². The van der Waals surface area contributed by atoms with Crippen LogP contribution in [-0.4, -0.2) is 28.0 Å². The highest BCUT2D eigenvalue weighted by atomic mass is 35.5. The fraction of sp³-hybridized carbons (Fsp3) is 0.350. The molecule has 0 unspecified atom stereocenters. The molecule has 2 heterocycles. The SMILES string of the molecule is Cc1nc(SCC(=O)c2ccc(CN)s2)c2cc(NCC3CC3)ccc2n1.Cl. The summed E-state index contributed by atoms with van der Waals surface area (Å²) in [7, 11) is 0. The molecule has 0 amide bonds. The minimum absolute atomic E-state index is 0. The lowest BCUT2D eigenvalue weighted by Crippen LogP contribution is -2.04. The second-order valence-electron chi connectivity index (χ2n) is 6.81. The standard InChI is InChI=1S/C20H22N4OS2.ClH/c1-12-23-17-6-4-14(22-10-13-2-3-13)8-16(17)20(24-12)26-11-18(25)19-7-5-15(9-21)27-19;/h4-8,13,22H,2-3,9-11,21H2,1H3;1H. The van der Waals surface area contributed by atoms with E-state index in [0.717, 1.165) is 49.7 Å². The number of fused-ring (bicyclic) bond motifs is 1. The molecule has 1 aliphatic carbocycles. The summed E-state index contributed by atoms with van der Waals surface area (Å²) in [6, 6.07) is 9.97. The van der Waals surface area contributed by atoms with Crippen molar-refractivity contribution in [2.24, 2.45) is 11.7 Å². The Morgan fingerprint density at radius 3 is 2.82 bits per heavy atom. The smallest absolute Gasteiger partial charge is 0.183 e. The van der Waals surface area contributed by atoms with Gasteiger partial charge in [0.05, 0.1) is 16.1 Å². The quantitative estimate of drug-likeness (QED) is 0.304. The van der Waals surface area contributed by atoms with Crippen molar-refractivity contribution in [2.75, 3.05) is 17.6 Å². The number of rotatable bonds is 8. The third-order valence-electron chi connectivity index (χ3n) is 4.54. The van der Waals surface area contributed by atoms with Crippen molar-refractivity contribution in [2.45, 2.75) is 31.3 Å². The Hall–Kier alpha value is -1.67. The molecule has 0 radical (unpaired) electrons. The van der Waals surface area contributed by atoms with Crippen LogP contribution in [0.1, 0.15) is 33.2 Å². The van der Waals surface area contributed by atoms with Gasteiger partial charge < -0.3 is 11.1 Å². The molecular weight excluding hydrogens is 412 g/mol. The van der Waals surface area contributed by atoms with E-state index in [1.807, 2.05) is 25.1 Å². The fourth-order valence-corrected chi connectivity index (χ4v) is 4.71. The maximum atomic E-state index is 12.5. The molecule has 0 atom stereocenters. The Kier molecular flexibility index (Phi) is 6.93. The molecule has 2 aromatic heterocycles. The van der Waals surface area contributed by atoms with Crippen LogP contribution in [0.2, 0.25) is 0 Å². The lowest BCUT2D eigenvalue weighted by Gasteiger charge is -2.10. The Balaban J connectivity index is 0.00000225. The van der Waals surface area contributed by atoms with Gasteiger partial charge in [-0.3, -0.25) is 4.79 Å². The number of hydrogen-bond donors (Lipinski definition) is 2. The van der Waals surface area contributed by atoms with Crippen molar-refractivity contribution in [3.8, 4) is 0 Å². The lowest BCUT2D eigenvalue weighted by molar-refractivity contribution is 0.102. The zero-order valence-corrected chi connectivity index (χ0v) is 18.1. The molecule has 28 heavy (non-hydrogen) atoms. The molecular formula is C20H23ClN4OS2. The summed E-state index contributed by atoms with van der Waals surface area (Å²) in [6.07, 6.45) is 2.64. The van der Waals surface area contributed by atoms with Gasteiger partial charge in [-0.05, 0) is 56.0 Å². The number of halogens is 1. The van der Waals surface area contributed by atoms with Crippen LogP contribution in [0.5, 0.6) is 0 Å². The first-order valence-corrected chi connectivity index (χ1v) is 10.9. The topological polar surface area (TPSA) is 80.9 Å². The first-order chi connectivity index (χ1) is 13.1. The molecule has 148 valence electrons. The van der Waals surface area contributed by atoms with Crippen molar-refractivity contribution >= 4 is 57.9 Å². The van der Waals surface area contributed by atoms with Gasteiger partial charge >= 0.3 is 0 Å². The second-order valence-corrected chi connectivity index (χ2v) is 8.95. The van der Waals surface area contributed by atoms with Gasteiger partial charge in [-0.15, -0.1) is 23.7 Å². The molecule has 0 aliphatic heterocycles. The maximum absolute atomic E-state index is 12.5. The van der Waals surface area contributed by atoms with E-state index in [9.17, 15) is 4.79 Å².